The van der Waals surface area contributed by atoms with Gasteiger partial charge < -0.3 is 11.5 Å². The summed E-state index contributed by atoms with van der Waals surface area (Å²) < 4.78 is 0. The molecule has 0 bridgehead atoms. The number of nitrogens with zero attached hydrogens (tertiary/aromatic N) is 1. The lowest BCUT2D eigenvalue weighted by Gasteiger charge is -2.34. The highest BCUT2D eigenvalue weighted by Crippen LogP contribution is 2.35. The molecular weight excluding hydrogens is 234 g/mol. The number of pyridine rings is 1. The highest BCUT2D eigenvalue weighted by Gasteiger charge is 2.27. The molecule has 2 rings (SSSR count). The molecule has 0 amide bonds. The molecule has 1 aliphatic rings. The van der Waals surface area contributed by atoms with E-state index in [-0.39, 0.29) is 6.04 Å². The molecule has 1 aromatic heterocycles. The number of rotatable bonds is 4. The van der Waals surface area contributed by atoms with Gasteiger partial charge in [0.05, 0.1) is 0 Å². The quantitative estimate of drug-likeness (QED) is 0.875. The first-order valence-electron chi connectivity index (χ1n) is 7.53. The molecule has 3 nitrogen and oxygen atoms in total. The van der Waals surface area contributed by atoms with Gasteiger partial charge in [0.15, 0.2) is 0 Å². The SMILES string of the molecule is CC(C)C1CCC(C(N)Cc2cccnc2N)CC1. The Morgan fingerprint density at radius 3 is 2.42 bits per heavy atom. The average molecular weight is 261 g/mol. The minimum Gasteiger partial charge on any atom is -0.383 e. The van der Waals surface area contributed by atoms with Crippen molar-refractivity contribution in [2.45, 2.75) is 52.0 Å². The third-order valence-corrected chi connectivity index (χ3v) is 4.75. The fourth-order valence-electron chi connectivity index (χ4n) is 3.28. The second kappa shape index (κ2) is 6.38. The van der Waals surface area contributed by atoms with Crippen LogP contribution in [0.3, 0.4) is 0 Å². The fourth-order valence-corrected chi connectivity index (χ4v) is 3.28. The number of hydrogen-bond donors (Lipinski definition) is 2. The highest BCUT2D eigenvalue weighted by atomic mass is 14.8. The zero-order chi connectivity index (χ0) is 13.8. The van der Waals surface area contributed by atoms with Gasteiger partial charge in [0.1, 0.15) is 5.82 Å². The summed E-state index contributed by atoms with van der Waals surface area (Å²) in [5, 5.41) is 0. The number of hydrogen-bond acceptors (Lipinski definition) is 3. The van der Waals surface area contributed by atoms with Crippen molar-refractivity contribution in [2.75, 3.05) is 5.73 Å². The first-order valence-corrected chi connectivity index (χ1v) is 7.53. The summed E-state index contributed by atoms with van der Waals surface area (Å²) in [4.78, 5) is 4.13. The molecule has 1 unspecified atom stereocenters. The van der Waals surface area contributed by atoms with Crippen LogP contribution in [0.2, 0.25) is 0 Å². The number of aromatic nitrogens is 1. The molecule has 0 saturated heterocycles. The van der Waals surface area contributed by atoms with Gasteiger partial charge in [-0.05, 0) is 61.5 Å². The predicted octanol–water partition coefficient (Wildman–Crippen LogP) is 3.00. The van der Waals surface area contributed by atoms with Crippen LogP contribution in [0.4, 0.5) is 5.82 Å². The largest absolute Gasteiger partial charge is 0.383 e. The molecule has 0 aliphatic heterocycles. The van der Waals surface area contributed by atoms with Crippen molar-refractivity contribution in [3.05, 3.63) is 23.9 Å². The first kappa shape index (κ1) is 14.3. The lowest BCUT2D eigenvalue weighted by molar-refractivity contribution is 0.202. The zero-order valence-electron chi connectivity index (χ0n) is 12.2. The van der Waals surface area contributed by atoms with Crippen molar-refractivity contribution in [3.63, 3.8) is 0 Å². The van der Waals surface area contributed by atoms with Crippen LogP contribution >= 0.6 is 0 Å². The lowest BCUT2D eigenvalue weighted by atomic mass is 9.74. The van der Waals surface area contributed by atoms with Crippen molar-refractivity contribution in [1.82, 2.24) is 4.98 Å². The van der Waals surface area contributed by atoms with Gasteiger partial charge >= 0.3 is 0 Å². The topological polar surface area (TPSA) is 64.9 Å². The Kier molecular flexibility index (Phi) is 4.81. The van der Waals surface area contributed by atoms with Crippen LogP contribution in [0.15, 0.2) is 18.3 Å². The van der Waals surface area contributed by atoms with Crippen LogP contribution in [0, 0.1) is 17.8 Å². The van der Waals surface area contributed by atoms with Crippen LogP contribution in [-0.4, -0.2) is 11.0 Å². The normalized spacial score (nSPS) is 25.5. The van der Waals surface area contributed by atoms with E-state index in [1.54, 1.807) is 6.20 Å². The molecule has 4 N–H and O–H groups in total. The van der Waals surface area contributed by atoms with Crippen LogP contribution < -0.4 is 11.5 Å². The van der Waals surface area contributed by atoms with E-state index < -0.39 is 0 Å². The Balaban J connectivity index is 1.88. The molecular formula is C16H27N3. The van der Waals surface area contributed by atoms with Crippen molar-refractivity contribution in [2.24, 2.45) is 23.5 Å². The van der Waals surface area contributed by atoms with E-state index in [4.69, 9.17) is 11.5 Å². The molecule has 106 valence electrons. The van der Waals surface area contributed by atoms with E-state index in [9.17, 15) is 0 Å². The second-order valence-electron chi connectivity index (χ2n) is 6.33. The Hall–Kier alpha value is -1.09. The van der Waals surface area contributed by atoms with Crippen molar-refractivity contribution < 1.29 is 0 Å². The van der Waals surface area contributed by atoms with Gasteiger partial charge in [-0.2, -0.15) is 0 Å². The van der Waals surface area contributed by atoms with Crippen LogP contribution in [0.25, 0.3) is 0 Å². The summed E-state index contributed by atoms with van der Waals surface area (Å²) in [6.07, 6.45) is 7.79. The highest BCUT2D eigenvalue weighted by molar-refractivity contribution is 5.38. The summed E-state index contributed by atoms with van der Waals surface area (Å²) >= 11 is 0. The van der Waals surface area contributed by atoms with Crippen molar-refractivity contribution >= 4 is 5.82 Å². The fraction of sp³-hybridized carbons (Fsp3) is 0.688. The molecule has 1 fully saturated rings. The molecule has 0 aromatic carbocycles. The van der Waals surface area contributed by atoms with Gasteiger partial charge in [-0.15, -0.1) is 0 Å². The minimum absolute atomic E-state index is 0.222. The van der Waals surface area contributed by atoms with Crippen LogP contribution in [-0.2, 0) is 6.42 Å². The lowest BCUT2D eigenvalue weighted by Crippen LogP contribution is -2.35. The van der Waals surface area contributed by atoms with Crippen molar-refractivity contribution in [3.8, 4) is 0 Å². The van der Waals surface area contributed by atoms with Gasteiger partial charge in [-0.25, -0.2) is 4.98 Å². The van der Waals surface area contributed by atoms with E-state index in [1.807, 2.05) is 12.1 Å². The summed E-state index contributed by atoms with van der Waals surface area (Å²) in [5.74, 6) is 2.99. The summed E-state index contributed by atoms with van der Waals surface area (Å²) in [6.45, 7) is 4.67. The smallest absolute Gasteiger partial charge is 0.126 e. The maximum atomic E-state index is 6.39. The van der Waals surface area contributed by atoms with E-state index >= 15 is 0 Å². The number of anilines is 1. The van der Waals surface area contributed by atoms with Gasteiger partial charge in [0.25, 0.3) is 0 Å². The summed E-state index contributed by atoms with van der Waals surface area (Å²) in [5.41, 5.74) is 13.4. The van der Waals surface area contributed by atoms with Crippen LogP contribution in [0.1, 0.15) is 45.1 Å². The standard InChI is InChI=1S/C16H27N3/c1-11(2)12-5-7-13(8-6-12)15(17)10-14-4-3-9-19-16(14)18/h3-4,9,11-13,15H,5-8,10,17H2,1-2H3,(H2,18,19). The maximum absolute atomic E-state index is 6.39. The Morgan fingerprint density at radius 2 is 1.84 bits per heavy atom. The molecule has 1 heterocycles. The van der Waals surface area contributed by atoms with Gasteiger partial charge in [-0.1, -0.05) is 19.9 Å². The number of nitrogens with two attached hydrogens (primary N) is 2. The van der Waals surface area contributed by atoms with E-state index in [1.165, 1.54) is 25.7 Å². The molecule has 1 atom stereocenters. The third-order valence-electron chi connectivity index (χ3n) is 4.75. The first-order chi connectivity index (χ1) is 9.08. The second-order valence-corrected chi connectivity index (χ2v) is 6.33. The Bertz CT molecular complexity index is 395. The molecule has 19 heavy (non-hydrogen) atoms. The molecule has 3 heteroatoms. The van der Waals surface area contributed by atoms with Gasteiger partial charge in [-0.3, -0.25) is 0 Å². The monoisotopic (exact) mass is 261 g/mol. The van der Waals surface area contributed by atoms with E-state index in [2.05, 4.69) is 18.8 Å². The van der Waals surface area contributed by atoms with Gasteiger partial charge in [0, 0.05) is 12.2 Å². The Labute approximate surface area is 116 Å². The summed E-state index contributed by atoms with van der Waals surface area (Å²) in [6, 6.07) is 4.20. The average Bonchev–Trinajstić information content (AvgIpc) is 2.41. The third kappa shape index (κ3) is 3.69. The Morgan fingerprint density at radius 1 is 1.21 bits per heavy atom. The predicted molar refractivity (Wildman–Crippen MR) is 80.6 cm³/mol. The maximum Gasteiger partial charge on any atom is 0.126 e. The minimum atomic E-state index is 0.222. The molecule has 1 saturated carbocycles. The van der Waals surface area contributed by atoms with E-state index in [0.717, 1.165) is 23.8 Å². The zero-order valence-corrected chi connectivity index (χ0v) is 12.2. The molecule has 0 spiro atoms. The van der Waals surface area contributed by atoms with Gasteiger partial charge in [0.2, 0.25) is 0 Å². The molecule has 1 aliphatic carbocycles. The molecule has 0 radical (unpaired) electrons. The van der Waals surface area contributed by atoms with E-state index in [0.29, 0.717) is 11.7 Å². The number of nitrogen functional groups attached to an aromatic ring is 1. The summed E-state index contributed by atoms with van der Waals surface area (Å²) in [7, 11) is 0. The van der Waals surface area contributed by atoms with Crippen molar-refractivity contribution in [1.29, 1.82) is 0 Å². The van der Waals surface area contributed by atoms with Crippen LogP contribution in [0.5, 0.6) is 0 Å². The molecule has 1 aromatic rings.